The van der Waals surface area contributed by atoms with Crippen LogP contribution in [0.5, 0.6) is 5.75 Å². The van der Waals surface area contributed by atoms with E-state index in [4.69, 9.17) is 16.3 Å². The lowest BCUT2D eigenvalue weighted by Gasteiger charge is -2.20. The molecule has 0 aromatic heterocycles. The second-order valence-electron chi connectivity index (χ2n) is 8.25. The summed E-state index contributed by atoms with van der Waals surface area (Å²) in [6, 6.07) is 21.5. The van der Waals surface area contributed by atoms with E-state index in [1.807, 2.05) is 57.2 Å². The van der Waals surface area contributed by atoms with Crippen molar-refractivity contribution >= 4 is 29.6 Å². The van der Waals surface area contributed by atoms with Crippen molar-refractivity contribution in [2.45, 2.75) is 33.4 Å². The first-order valence-corrected chi connectivity index (χ1v) is 11.4. The van der Waals surface area contributed by atoms with Crippen LogP contribution in [0.1, 0.15) is 40.9 Å². The van der Waals surface area contributed by atoms with Crippen molar-refractivity contribution in [3.8, 4) is 5.75 Å². The third-order valence-corrected chi connectivity index (χ3v) is 5.48. The number of rotatable bonds is 9. The molecule has 2 N–H and O–H groups in total. The van der Waals surface area contributed by atoms with Crippen LogP contribution >= 0.6 is 11.6 Å². The normalized spacial score (nSPS) is 11.9. The molecule has 3 aromatic carbocycles. The minimum absolute atomic E-state index is 0.147. The molecule has 6 nitrogen and oxygen atoms in total. The van der Waals surface area contributed by atoms with E-state index < -0.39 is 17.9 Å². The maximum atomic E-state index is 12.6. The summed E-state index contributed by atoms with van der Waals surface area (Å²) >= 11 is 6.09. The van der Waals surface area contributed by atoms with Crippen LogP contribution in [-0.2, 0) is 11.4 Å². The van der Waals surface area contributed by atoms with Gasteiger partial charge in [-0.1, -0.05) is 67.4 Å². The molecule has 0 bridgehead atoms. The largest absolute Gasteiger partial charge is 0.489 e. The van der Waals surface area contributed by atoms with Gasteiger partial charge >= 0.3 is 0 Å². The number of halogens is 1. The first-order valence-electron chi connectivity index (χ1n) is 11.0. The van der Waals surface area contributed by atoms with Gasteiger partial charge in [0.15, 0.2) is 0 Å². The number of carbonyl (C=O) groups is 2. The lowest BCUT2D eigenvalue weighted by atomic mass is 10.0. The summed E-state index contributed by atoms with van der Waals surface area (Å²) in [5.74, 6) is -0.232. The molecule has 3 rings (SSSR count). The fraction of sp³-hybridized carbons (Fsp3) is 0.222. The molecule has 34 heavy (non-hydrogen) atoms. The molecule has 0 radical (unpaired) electrons. The Morgan fingerprint density at radius 1 is 1.00 bits per heavy atom. The second-order valence-corrected chi connectivity index (χ2v) is 8.66. The summed E-state index contributed by atoms with van der Waals surface area (Å²) in [5, 5.41) is 7.09. The van der Waals surface area contributed by atoms with E-state index in [9.17, 15) is 9.59 Å². The van der Waals surface area contributed by atoms with E-state index in [1.54, 1.807) is 24.3 Å². The van der Waals surface area contributed by atoms with E-state index in [0.29, 0.717) is 17.2 Å². The zero-order valence-electron chi connectivity index (χ0n) is 19.4. The molecule has 0 aliphatic heterocycles. The van der Waals surface area contributed by atoms with Crippen LogP contribution in [0, 0.1) is 12.8 Å². The van der Waals surface area contributed by atoms with Crippen LogP contribution in [0.3, 0.4) is 0 Å². The van der Waals surface area contributed by atoms with Crippen LogP contribution in [0.2, 0.25) is 5.02 Å². The molecule has 1 atom stereocenters. The highest BCUT2D eigenvalue weighted by molar-refractivity contribution is 6.33. The van der Waals surface area contributed by atoms with Gasteiger partial charge in [-0.25, -0.2) is 5.43 Å². The maximum absolute atomic E-state index is 12.6. The molecule has 0 saturated carbocycles. The number of hydrogen-bond acceptors (Lipinski definition) is 4. The number of nitrogens with zero attached hydrogens (tertiary/aromatic N) is 1. The predicted molar refractivity (Wildman–Crippen MR) is 135 cm³/mol. The smallest absolute Gasteiger partial charge is 0.262 e. The van der Waals surface area contributed by atoms with Gasteiger partial charge in [-0.2, -0.15) is 5.10 Å². The Kier molecular flexibility index (Phi) is 8.82. The number of hydrazone groups is 1. The van der Waals surface area contributed by atoms with Gasteiger partial charge in [-0.3, -0.25) is 9.59 Å². The summed E-state index contributed by atoms with van der Waals surface area (Å²) in [5.41, 5.74) is 5.92. The molecule has 176 valence electrons. The summed E-state index contributed by atoms with van der Waals surface area (Å²) in [6.45, 7) is 6.22. The Morgan fingerprint density at radius 2 is 1.68 bits per heavy atom. The number of benzene rings is 3. The van der Waals surface area contributed by atoms with Crippen molar-refractivity contribution in [2.24, 2.45) is 11.0 Å². The lowest BCUT2D eigenvalue weighted by Crippen LogP contribution is -2.48. The average molecular weight is 478 g/mol. The standard InChI is InChI=1S/C27H28ClN3O3/c1-18(2)25(30-26(32)23-6-4-5-7-24(23)28)27(33)31-29-16-20-12-14-22(15-13-20)34-17-21-10-8-19(3)9-11-21/h4-16,18,25H,17H2,1-3H3,(H,30,32)(H,31,33). The molecule has 2 amide bonds. The average Bonchev–Trinajstić information content (AvgIpc) is 2.83. The van der Waals surface area contributed by atoms with E-state index in [-0.39, 0.29) is 5.92 Å². The van der Waals surface area contributed by atoms with Gasteiger partial charge in [0.05, 0.1) is 16.8 Å². The van der Waals surface area contributed by atoms with Crippen LogP contribution in [-0.4, -0.2) is 24.1 Å². The molecule has 0 saturated heterocycles. The van der Waals surface area contributed by atoms with E-state index in [0.717, 1.165) is 16.9 Å². The Morgan fingerprint density at radius 3 is 2.32 bits per heavy atom. The number of amides is 2. The zero-order valence-corrected chi connectivity index (χ0v) is 20.2. The Balaban J connectivity index is 1.53. The molecule has 0 fully saturated rings. The predicted octanol–water partition coefficient (Wildman–Crippen LogP) is 5.13. The SMILES string of the molecule is Cc1ccc(COc2ccc(C=NNC(=O)C(NC(=O)c3ccccc3Cl)C(C)C)cc2)cc1. The Labute approximate surface area is 205 Å². The maximum Gasteiger partial charge on any atom is 0.262 e. The van der Waals surface area contributed by atoms with Gasteiger partial charge in [0.2, 0.25) is 0 Å². The van der Waals surface area contributed by atoms with E-state index >= 15 is 0 Å². The highest BCUT2D eigenvalue weighted by Gasteiger charge is 2.25. The van der Waals surface area contributed by atoms with Gasteiger partial charge in [-0.15, -0.1) is 0 Å². The van der Waals surface area contributed by atoms with Crippen LogP contribution in [0.25, 0.3) is 0 Å². The highest BCUT2D eigenvalue weighted by atomic mass is 35.5. The minimum Gasteiger partial charge on any atom is -0.489 e. The molecule has 0 spiro atoms. The van der Waals surface area contributed by atoms with Crippen molar-refractivity contribution in [1.29, 1.82) is 0 Å². The highest BCUT2D eigenvalue weighted by Crippen LogP contribution is 2.16. The summed E-state index contributed by atoms with van der Waals surface area (Å²) in [4.78, 5) is 25.2. The quantitative estimate of drug-likeness (QED) is 0.331. The van der Waals surface area contributed by atoms with Crippen LogP contribution < -0.4 is 15.5 Å². The summed E-state index contributed by atoms with van der Waals surface area (Å²) in [7, 11) is 0. The first-order chi connectivity index (χ1) is 16.3. The van der Waals surface area contributed by atoms with E-state index in [1.165, 1.54) is 11.8 Å². The molecule has 0 heterocycles. The third kappa shape index (κ3) is 7.18. The second kappa shape index (κ2) is 12.0. The van der Waals surface area contributed by atoms with Gasteiger partial charge in [-0.05, 0) is 60.4 Å². The van der Waals surface area contributed by atoms with Gasteiger partial charge < -0.3 is 10.1 Å². The Bertz CT molecular complexity index is 1140. The van der Waals surface area contributed by atoms with Gasteiger partial charge in [0.1, 0.15) is 18.4 Å². The summed E-state index contributed by atoms with van der Waals surface area (Å²) in [6.07, 6.45) is 1.54. The third-order valence-electron chi connectivity index (χ3n) is 5.15. The van der Waals surface area contributed by atoms with Crippen molar-refractivity contribution < 1.29 is 14.3 Å². The zero-order chi connectivity index (χ0) is 24.5. The molecule has 0 aliphatic rings. The van der Waals surface area contributed by atoms with Gasteiger partial charge in [0, 0.05) is 0 Å². The number of nitrogens with one attached hydrogen (secondary N) is 2. The Hall–Kier alpha value is -3.64. The number of aryl methyl sites for hydroxylation is 1. The minimum atomic E-state index is -0.765. The molecule has 7 heteroatoms. The number of hydrogen-bond donors (Lipinski definition) is 2. The van der Waals surface area contributed by atoms with Crippen molar-refractivity contribution in [3.63, 3.8) is 0 Å². The molecule has 1 unspecified atom stereocenters. The lowest BCUT2D eigenvalue weighted by molar-refractivity contribution is -0.123. The molecular weight excluding hydrogens is 450 g/mol. The molecular formula is C27H28ClN3O3. The van der Waals surface area contributed by atoms with Crippen LogP contribution in [0.15, 0.2) is 77.9 Å². The molecule has 3 aromatic rings. The van der Waals surface area contributed by atoms with Crippen LogP contribution in [0.4, 0.5) is 0 Å². The fourth-order valence-electron chi connectivity index (χ4n) is 3.14. The van der Waals surface area contributed by atoms with Crippen molar-refractivity contribution in [1.82, 2.24) is 10.7 Å². The monoisotopic (exact) mass is 477 g/mol. The van der Waals surface area contributed by atoms with Crippen molar-refractivity contribution in [2.75, 3.05) is 0 Å². The fourth-order valence-corrected chi connectivity index (χ4v) is 3.36. The molecule has 0 aliphatic carbocycles. The van der Waals surface area contributed by atoms with Gasteiger partial charge in [0.25, 0.3) is 11.8 Å². The number of ether oxygens (including phenoxy) is 1. The number of carbonyl (C=O) groups excluding carboxylic acids is 2. The first kappa shape index (κ1) is 25.0. The topological polar surface area (TPSA) is 79.8 Å². The summed E-state index contributed by atoms with van der Waals surface area (Å²) < 4.78 is 5.81. The van der Waals surface area contributed by atoms with E-state index in [2.05, 4.69) is 28.0 Å². The van der Waals surface area contributed by atoms with Crippen molar-refractivity contribution in [3.05, 3.63) is 100 Å².